The number of hydrogen-bond acceptors (Lipinski definition) is 9. The van der Waals surface area contributed by atoms with Gasteiger partial charge in [0, 0.05) is 20.0 Å². The molecule has 1 aliphatic rings. The van der Waals surface area contributed by atoms with Crippen LogP contribution in [0.15, 0.2) is 78.9 Å². The van der Waals surface area contributed by atoms with E-state index in [4.69, 9.17) is 0 Å². The van der Waals surface area contributed by atoms with Crippen LogP contribution in [0, 0.1) is 11.8 Å². The predicted octanol–water partition coefficient (Wildman–Crippen LogP) is 3.70. The zero-order valence-electron chi connectivity index (χ0n) is 38.5. The van der Waals surface area contributed by atoms with Gasteiger partial charge in [-0.25, -0.2) is 9.59 Å². The van der Waals surface area contributed by atoms with Gasteiger partial charge in [0.15, 0.2) is 0 Å². The highest BCUT2D eigenvalue weighted by atomic mass is 16.4. The van der Waals surface area contributed by atoms with Gasteiger partial charge >= 0.3 is 12.0 Å². The average molecular weight is 914 g/mol. The van der Waals surface area contributed by atoms with E-state index in [-0.39, 0.29) is 49.6 Å². The maximum atomic E-state index is 14.8. The lowest BCUT2D eigenvalue weighted by molar-refractivity contribution is -0.143. The normalized spacial score (nSPS) is 21.9. The Balaban J connectivity index is 1.70. The summed E-state index contributed by atoms with van der Waals surface area (Å²) in [6.07, 6.45) is 2.53. The van der Waals surface area contributed by atoms with Crippen molar-refractivity contribution in [3.05, 3.63) is 95.6 Å². The standard InChI is InChI=1S/C49H67N7O10/c1-6-30(3)41-45(61)50-28-12-11-15-37(52-49(66)53-39(48(64)65)29-34-18-24-36(58)25-19-34)43(59)54-42(31(4)7-2)46(62)51-38(26-20-32-13-9-8-10-14-32)47(63)56(5)40(44(60)55-41)27-21-33-16-22-35(57)23-17-33/h8-10,13-14,16-19,22-25,30-31,37-42,57-58H,6-7,11-12,15,20-21,26-29H2,1-5H3,(H,50,61)(H,51,62)(H,54,59)(H,55,60)(H,64,65)(H2,52,53,66). The van der Waals surface area contributed by atoms with Crippen LogP contribution < -0.4 is 31.9 Å². The van der Waals surface area contributed by atoms with E-state index in [1.807, 2.05) is 51.1 Å². The molecule has 8 unspecified atom stereocenters. The van der Waals surface area contributed by atoms with Crippen molar-refractivity contribution in [2.75, 3.05) is 13.6 Å². The molecule has 1 aliphatic heterocycles. The molecule has 358 valence electrons. The van der Waals surface area contributed by atoms with Crippen LogP contribution in [-0.2, 0) is 48.0 Å². The predicted molar refractivity (Wildman–Crippen MR) is 248 cm³/mol. The van der Waals surface area contributed by atoms with E-state index in [1.54, 1.807) is 19.1 Å². The van der Waals surface area contributed by atoms with Gasteiger partial charge in [-0.3, -0.25) is 24.0 Å². The van der Waals surface area contributed by atoms with E-state index < -0.39 is 83.7 Å². The number of likely N-dealkylation sites (N-methyl/N-ethyl adjacent to an activating group) is 1. The number of carbonyl (C=O) groups excluding carboxylic acids is 6. The molecule has 1 heterocycles. The topological polar surface area (TPSA) is 256 Å². The van der Waals surface area contributed by atoms with E-state index in [0.29, 0.717) is 44.1 Å². The summed E-state index contributed by atoms with van der Waals surface area (Å²) >= 11 is 0. The van der Waals surface area contributed by atoms with Crippen molar-refractivity contribution < 1.29 is 48.9 Å². The third-order valence-electron chi connectivity index (χ3n) is 12.3. The first-order valence-electron chi connectivity index (χ1n) is 22.9. The summed E-state index contributed by atoms with van der Waals surface area (Å²) in [5, 5.41) is 46.0. The number of aromatic hydroxyl groups is 2. The van der Waals surface area contributed by atoms with Crippen molar-refractivity contribution in [1.82, 2.24) is 36.8 Å². The summed E-state index contributed by atoms with van der Waals surface area (Å²) < 4.78 is 0. The maximum Gasteiger partial charge on any atom is 0.326 e. The Labute approximate surface area is 386 Å². The van der Waals surface area contributed by atoms with Crippen LogP contribution in [0.4, 0.5) is 4.79 Å². The van der Waals surface area contributed by atoms with Crippen molar-refractivity contribution in [2.24, 2.45) is 11.8 Å². The number of carboxylic acid groups (broad SMARTS) is 1. The van der Waals surface area contributed by atoms with Crippen molar-refractivity contribution in [3.63, 3.8) is 0 Å². The first-order chi connectivity index (χ1) is 31.5. The monoisotopic (exact) mass is 913 g/mol. The third kappa shape index (κ3) is 15.8. The number of benzene rings is 3. The quantitative estimate of drug-likeness (QED) is 0.107. The van der Waals surface area contributed by atoms with E-state index in [1.165, 1.54) is 48.3 Å². The molecule has 3 aromatic carbocycles. The highest BCUT2D eigenvalue weighted by molar-refractivity contribution is 5.96. The first kappa shape index (κ1) is 52.0. The third-order valence-corrected chi connectivity index (χ3v) is 12.3. The summed E-state index contributed by atoms with van der Waals surface area (Å²) in [6.45, 7) is 7.49. The van der Waals surface area contributed by atoms with Crippen LogP contribution >= 0.6 is 0 Å². The number of rotatable bonds is 15. The van der Waals surface area contributed by atoms with Gasteiger partial charge in [-0.05, 0) is 97.7 Å². The molecule has 0 aliphatic carbocycles. The van der Waals surface area contributed by atoms with Crippen LogP contribution in [0.3, 0.4) is 0 Å². The number of amides is 7. The molecule has 4 rings (SSSR count). The van der Waals surface area contributed by atoms with Crippen LogP contribution in [0.25, 0.3) is 0 Å². The minimum Gasteiger partial charge on any atom is -0.508 e. The molecule has 17 nitrogen and oxygen atoms in total. The second kappa shape index (κ2) is 25.7. The van der Waals surface area contributed by atoms with Crippen LogP contribution in [0.2, 0.25) is 0 Å². The molecule has 0 spiro atoms. The average Bonchev–Trinajstić information content (AvgIpc) is 3.30. The molecule has 7 amide bonds. The van der Waals surface area contributed by atoms with Gasteiger partial charge in [0.1, 0.15) is 47.8 Å². The van der Waals surface area contributed by atoms with Crippen molar-refractivity contribution in [2.45, 2.75) is 128 Å². The second-order valence-electron chi connectivity index (χ2n) is 17.2. The minimum absolute atomic E-state index is 0.0107. The zero-order chi connectivity index (χ0) is 48.3. The number of aryl methyl sites for hydroxylation is 2. The smallest absolute Gasteiger partial charge is 0.326 e. The number of hydrogen-bond donors (Lipinski definition) is 9. The number of urea groups is 1. The Bertz CT molecular complexity index is 2090. The molecule has 66 heavy (non-hydrogen) atoms. The Hall–Kier alpha value is -6.65. The fourth-order valence-corrected chi connectivity index (χ4v) is 7.74. The van der Waals surface area contributed by atoms with Gasteiger partial charge in [-0.2, -0.15) is 0 Å². The summed E-state index contributed by atoms with van der Waals surface area (Å²) in [5.74, 6) is -4.97. The molecule has 1 fully saturated rings. The lowest BCUT2D eigenvalue weighted by atomic mass is 9.95. The van der Waals surface area contributed by atoms with Crippen molar-refractivity contribution in [3.8, 4) is 11.5 Å². The molecule has 3 aromatic rings. The van der Waals surface area contributed by atoms with Crippen LogP contribution in [-0.4, -0.2) is 112 Å². The summed E-state index contributed by atoms with van der Waals surface area (Å²) in [6, 6.07) is 13.7. The molecule has 0 saturated carbocycles. The van der Waals surface area contributed by atoms with Gasteiger partial charge in [-0.1, -0.05) is 95.1 Å². The van der Waals surface area contributed by atoms with E-state index in [9.17, 15) is 48.9 Å². The van der Waals surface area contributed by atoms with E-state index in [0.717, 1.165) is 11.1 Å². The van der Waals surface area contributed by atoms with Crippen molar-refractivity contribution >= 4 is 41.5 Å². The van der Waals surface area contributed by atoms with Crippen LogP contribution in [0.1, 0.15) is 89.3 Å². The van der Waals surface area contributed by atoms with Gasteiger partial charge < -0.3 is 52.1 Å². The number of aliphatic carboxylic acids is 1. The molecule has 0 bridgehead atoms. The Morgan fingerprint density at radius 3 is 1.83 bits per heavy atom. The number of nitrogens with one attached hydrogen (secondary N) is 6. The highest BCUT2D eigenvalue weighted by Crippen LogP contribution is 2.19. The number of carboxylic acids is 1. The lowest BCUT2D eigenvalue weighted by Gasteiger charge is -2.34. The van der Waals surface area contributed by atoms with Gasteiger partial charge in [0.05, 0.1) is 0 Å². The lowest BCUT2D eigenvalue weighted by Crippen LogP contribution is -2.61. The fraction of sp³-hybridized carbons (Fsp3) is 0.490. The van der Waals surface area contributed by atoms with Gasteiger partial charge in [-0.15, -0.1) is 0 Å². The maximum absolute atomic E-state index is 14.8. The Morgan fingerprint density at radius 1 is 0.697 bits per heavy atom. The molecule has 9 N–H and O–H groups in total. The number of phenols is 2. The summed E-state index contributed by atoms with van der Waals surface area (Å²) in [4.78, 5) is 98.7. The van der Waals surface area contributed by atoms with Crippen LogP contribution in [0.5, 0.6) is 11.5 Å². The van der Waals surface area contributed by atoms with E-state index in [2.05, 4.69) is 31.9 Å². The molecule has 1 saturated heterocycles. The molecular weight excluding hydrogens is 847 g/mol. The largest absolute Gasteiger partial charge is 0.508 e. The van der Waals surface area contributed by atoms with Crippen molar-refractivity contribution in [1.29, 1.82) is 0 Å². The van der Waals surface area contributed by atoms with Gasteiger partial charge in [0.2, 0.25) is 29.5 Å². The second-order valence-corrected chi connectivity index (χ2v) is 17.2. The minimum atomic E-state index is -1.40. The summed E-state index contributed by atoms with van der Waals surface area (Å²) in [5.41, 5.74) is 2.23. The van der Waals surface area contributed by atoms with Gasteiger partial charge in [0.25, 0.3) is 0 Å². The molecule has 0 aromatic heterocycles. The highest BCUT2D eigenvalue weighted by Gasteiger charge is 2.37. The number of phenolic OH excluding ortho intramolecular Hbond substituents is 2. The number of nitrogens with zero attached hydrogens (tertiary/aromatic N) is 1. The fourth-order valence-electron chi connectivity index (χ4n) is 7.74. The zero-order valence-corrected chi connectivity index (χ0v) is 38.5. The molecular formula is C49H67N7O10. The first-order valence-corrected chi connectivity index (χ1v) is 22.9. The summed E-state index contributed by atoms with van der Waals surface area (Å²) in [7, 11) is 1.49. The SMILES string of the molecule is CCC(C)C1NC(=O)C(NC(=O)NC(Cc2ccc(O)cc2)C(=O)O)CCCCNC(=O)C(C(C)CC)NC(=O)C(CCc2ccc(O)cc2)N(C)C(=O)C(CCc2ccccc2)NC1=O. The molecule has 17 heteroatoms. The number of carbonyl (C=O) groups is 7. The molecule has 8 atom stereocenters. The van der Waals surface area contributed by atoms with E-state index >= 15 is 0 Å². The Morgan fingerprint density at radius 2 is 1.24 bits per heavy atom. The Kier molecular flexibility index (Phi) is 20.3. The molecule has 0 radical (unpaired) electrons.